The number of rotatable bonds is 0. The van der Waals surface area contributed by atoms with E-state index >= 15 is 0 Å². The highest BCUT2D eigenvalue weighted by Crippen LogP contribution is 2.30. The summed E-state index contributed by atoms with van der Waals surface area (Å²) in [5.41, 5.74) is 12.0. The molecule has 1 heterocycles. The Hall–Kier alpha value is -1.55. The van der Waals surface area contributed by atoms with Crippen molar-refractivity contribution in [3.63, 3.8) is 0 Å². The van der Waals surface area contributed by atoms with Crippen LogP contribution in [0.2, 0.25) is 5.02 Å². The molecule has 5 heteroatoms. The molecule has 0 bridgehead atoms. The van der Waals surface area contributed by atoms with Crippen LogP contribution in [0.1, 0.15) is 0 Å². The average Bonchev–Trinajstić information content (AvgIpc) is 2.17. The first-order valence-corrected chi connectivity index (χ1v) is 4.26. The zero-order chi connectivity index (χ0) is 10.3. The lowest BCUT2D eigenvalue weighted by atomic mass is 10.1. The minimum absolute atomic E-state index is 0.0107. The zero-order valence-electron chi connectivity index (χ0n) is 7.09. The van der Waals surface area contributed by atoms with Gasteiger partial charge in [-0.15, -0.1) is 0 Å². The summed E-state index contributed by atoms with van der Waals surface area (Å²) in [7, 11) is 0. The first kappa shape index (κ1) is 9.02. The van der Waals surface area contributed by atoms with Gasteiger partial charge in [0.15, 0.2) is 5.82 Å². The van der Waals surface area contributed by atoms with Crippen LogP contribution in [-0.4, -0.2) is 4.98 Å². The van der Waals surface area contributed by atoms with E-state index in [2.05, 4.69) is 4.98 Å². The Morgan fingerprint density at radius 3 is 2.71 bits per heavy atom. The van der Waals surface area contributed by atoms with Crippen LogP contribution < -0.4 is 11.5 Å². The van der Waals surface area contributed by atoms with Crippen LogP contribution in [0.3, 0.4) is 0 Å². The van der Waals surface area contributed by atoms with Gasteiger partial charge < -0.3 is 11.5 Å². The van der Waals surface area contributed by atoms with E-state index in [1.54, 1.807) is 6.07 Å². The summed E-state index contributed by atoms with van der Waals surface area (Å²) >= 11 is 5.61. The van der Waals surface area contributed by atoms with Crippen molar-refractivity contribution in [3.05, 3.63) is 29.2 Å². The van der Waals surface area contributed by atoms with Gasteiger partial charge >= 0.3 is 0 Å². The topological polar surface area (TPSA) is 64.9 Å². The third-order valence-electron chi connectivity index (χ3n) is 2.00. The number of nitrogens with two attached hydrogens (primary N) is 2. The van der Waals surface area contributed by atoms with Crippen LogP contribution >= 0.6 is 11.6 Å². The van der Waals surface area contributed by atoms with Gasteiger partial charge in [-0.3, -0.25) is 4.98 Å². The highest BCUT2D eigenvalue weighted by molar-refractivity contribution is 6.31. The molecule has 0 radical (unpaired) electrons. The Morgan fingerprint density at radius 2 is 2.00 bits per heavy atom. The molecule has 0 saturated carbocycles. The lowest BCUT2D eigenvalue weighted by molar-refractivity contribution is 0.640. The third-order valence-corrected chi connectivity index (χ3v) is 2.29. The van der Waals surface area contributed by atoms with Crippen molar-refractivity contribution in [1.29, 1.82) is 0 Å². The van der Waals surface area contributed by atoms with E-state index in [-0.39, 0.29) is 21.8 Å². The minimum Gasteiger partial charge on any atom is -0.396 e. The average molecular weight is 212 g/mol. The van der Waals surface area contributed by atoms with Crippen molar-refractivity contribution in [3.8, 4) is 0 Å². The van der Waals surface area contributed by atoms with Crippen molar-refractivity contribution < 1.29 is 4.39 Å². The number of anilines is 2. The summed E-state index contributed by atoms with van der Waals surface area (Å²) in [5, 5.41) is 0.189. The molecule has 0 saturated heterocycles. The quantitative estimate of drug-likeness (QED) is 0.702. The number of aromatic nitrogens is 1. The molecule has 1 aromatic heterocycles. The maximum Gasteiger partial charge on any atom is 0.153 e. The molecule has 0 aliphatic rings. The summed E-state index contributed by atoms with van der Waals surface area (Å²) in [6.07, 6.45) is 1.39. The van der Waals surface area contributed by atoms with Crippen LogP contribution in [0.25, 0.3) is 10.9 Å². The van der Waals surface area contributed by atoms with Gasteiger partial charge in [-0.2, -0.15) is 0 Å². The number of pyridine rings is 1. The fourth-order valence-corrected chi connectivity index (χ4v) is 1.41. The number of nitrogen functional groups attached to an aromatic ring is 2. The Bertz CT molecular complexity index is 470. The molecule has 2 aromatic rings. The van der Waals surface area contributed by atoms with Crippen LogP contribution in [0.5, 0.6) is 0 Å². The van der Waals surface area contributed by atoms with Gasteiger partial charge in [-0.05, 0) is 12.1 Å². The molecule has 0 aliphatic heterocycles. The SMILES string of the molecule is Nc1cnc2ccc(Cl)c(F)c2c1N. The van der Waals surface area contributed by atoms with Crippen molar-refractivity contribution >= 4 is 33.9 Å². The molecular formula is C9H7ClFN3. The Labute approximate surface area is 84.5 Å². The molecule has 14 heavy (non-hydrogen) atoms. The summed E-state index contributed by atoms with van der Waals surface area (Å²) in [6, 6.07) is 3.03. The number of fused-ring (bicyclic) bond motifs is 1. The monoisotopic (exact) mass is 211 g/mol. The Kier molecular flexibility index (Phi) is 1.93. The van der Waals surface area contributed by atoms with Gasteiger partial charge in [-0.1, -0.05) is 11.6 Å². The molecule has 0 spiro atoms. The summed E-state index contributed by atoms with van der Waals surface area (Å²) < 4.78 is 13.5. The van der Waals surface area contributed by atoms with Crippen LogP contribution in [-0.2, 0) is 0 Å². The summed E-state index contributed by atoms with van der Waals surface area (Å²) in [5.74, 6) is -0.582. The lowest BCUT2D eigenvalue weighted by Gasteiger charge is -2.06. The molecule has 0 amide bonds. The number of hydrogen-bond acceptors (Lipinski definition) is 3. The van der Waals surface area contributed by atoms with Gasteiger partial charge in [0.25, 0.3) is 0 Å². The first-order valence-electron chi connectivity index (χ1n) is 3.89. The Morgan fingerprint density at radius 1 is 1.29 bits per heavy atom. The number of nitrogens with zero attached hydrogens (tertiary/aromatic N) is 1. The second kappa shape index (κ2) is 2.99. The van der Waals surface area contributed by atoms with Crippen LogP contribution in [0, 0.1) is 5.82 Å². The third kappa shape index (κ3) is 1.15. The maximum absolute atomic E-state index is 13.5. The van der Waals surface area contributed by atoms with Crippen molar-refractivity contribution in [2.75, 3.05) is 11.5 Å². The van der Waals surface area contributed by atoms with Gasteiger partial charge in [0.2, 0.25) is 0 Å². The van der Waals surface area contributed by atoms with Crippen molar-refractivity contribution in [2.45, 2.75) is 0 Å². The standard InChI is InChI=1S/C9H7ClFN3/c10-4-1-2-6-7(8(4)11)9(13)5(12)3-14-6/h1-3H,12H2,(H2,13,14). The van der Waals surface area contributed by atoms with Crippen molar-refractivity contribution in [1.82, 2.24) is 4.98 Å². The van der Waals surface area contributed by atoms with E-state index in [1.165, 1.54) is 12.3 Å². The highest BCUT2D eigenvalue weighted by atomic mass is 35.5. The van der Waals surface area contributed by atoms with E-state index in [0.717, 1.165) is 0 Å². The molecule has 1 aromatic carbocycles. The predicted molar refractivity (Wildman–Crippen MR) is 55.5 cm³/mol. The van der Waals surface area contributed by atoms with Crippen molar-refractivity contribution in [2.24, 2.45) is 0 Å². The number of benzene rings is 1. The largest absolute Gasteiger partial charge is 0.396 e. The molecule has 0 aliphatic carbocycles. The zero-order valence-corrected chi connectivity index (χ0v) is 7.85. The normalized spacial score (nSPS) is 10.7. The number of halogens is 2. The molecule has 2 rings (SSSR count). The first-order chi connectivity index (χ1) is 6.61. The predicted octanol–water partition coefficient (Wildman–Crippen LogP) is 2.19. The van der Waals surface area contributed by atoms with Gasteiger partial charge in [-0.25, -0.2) is 4.39 Å². The summed E-state index contributed by atoms with van der Waals surface area (Å²) in [4.78, 5) is 3.94. The van der Waals surface area contributed by atoms with E-state index in [9.17, 15) is 4.39 Å². The second-order valence-corrected chi connectivity index (χ2v) is 3.29. The number of hydrogen-bond donors (Lipinski definition) is 2. The smallest absolute Gasteiger partial charge is 0.153 e. The van der Waals surface area contributed by atoms with E-state index < -0.39 is 5.82 Å². The molecule has 4 N–H and O–H groups in total. The lowest BCUT2D eigenvalue weighted by Crippen LogP contribution is -1.98. The molecular weight excluding hydrogens is 205 g/mol. The van der Waals surface area contributed by atoms with Crippen LogP contribution in [0.4, 0.5) is 15.8 Å². The van der Waals surface area contributed by atoms with Gasteiger partial charge in [0.05, 0.1) is 33.5 Å². The molecule has 0 unspecified atom stereocenters. The molecule has 0 atom stereocenters. The summed E-state index contributed by atoms with van der Waals surface area (Å²) in [6.45, 7) is 0. The fourth-order valence-electron chi connectivity index (χ4n) is 1.26. The fraction of sp³-hybridized carbons (Fsp3) is 0. The molecule has 0 fully saturated rings. The van der Waals surface area contributed by atoms with Crippen LogP contribution in [0.15, 0.2) is 18.3 Å². The maximum atomic E-state index is 13.5. The molecule has 72 valence electrons. The second-order valence-electron chi connectivity index (χ2n) is 2.88. The Balaban J connectivity index is 2.98. The highest BCUT2D eigenvalue weighted by Gasteiger charge is 2.11. The van der Waals surface area contributed by atoms with Gasteiger partial charge in [0.1, 0.15) is 0 Å². The van der Waals surface area contributed by atoms with Gasteiger partial charge in [0, 0.05) is 0 Å². The van der Waals surface area contributed by atoms with E-state index in [4.69, 9.17) is 23.1 Å². The van der Waals surface area contributed by atoms with E-state index in [1.807, 2.05) is 0 Å². The van der Waals surface area contributed by atoms with E-state index in [0.29, 0.717) is 5.52 Å². The minimum atomic E-state index is -0.582. The molecule has 3 nitrogen and oxygen atoms in total.